The van der Waals surface area contributed by atoms with Gasteiger partial charge >= 0.3 is 5.97 Å². The van der Waals surface area contributed by atoms with Crippen LogP contribution in [0.25, 0.3) is 10.9 Å². The Kier molecular flexibility index (Phi) is 4.38. The van der Waals surface area contributed by atoms with Crippen LogP contribution in [0.3, 0.4) is 0 Å². The number of hydrogen-bond acceptors (Lipinski definition) is 4. The maximum Gasteiger partial charge on any atom is 0.341 e. The van der Waals surface area contributed by atoms with E-state index in [0.29, 0.717) is 22.5 Å². The van der Waals surface area contributed by atoms with Crippen molar-refractivity contribution in [3.05, 3.63) is 66.4 Å². The molecule has 6 heteroatoms. The lowest BCUT2D eigenvalue weighted by Gasteiger charge is -2.09. The molecule has 24 heavy (non-hydrogen) atoms. The Balaban J connectivity index is 1.81. The molecule has 0 saturated heterocycles. The van der Waals surface area contributed by atoms with Gasteiger partial charge in [-0.1, -0.05) is 24.3 Å². The topological polar surface area (TPSA) is 88.5 Å². The zero-order chi connectivity index (χ0) is 16.9. The Hall–Kier alpha value is -3.41. The second kappa shape index (κ2) is 6.78. The summed E-state index contributed by atoms with van der Waals surface area (Å²) in [6.45, 7) is -0.440. The number of carboxylic acid groups (broad SMARTS) is 1. The van der Waals surface area contributed by atoms with E-state index in [-0.39, 0.29) is 5.91 Å². The van der Waals surface area contributed by atoms with E-state index < -0.39 is 12.6 Å². The van der Waals surface area contributed by atoms with Gasteiger partial charge in [-0.25, -0.2) is 4.79 Å². The number of carboxylic acids is 1. The Bertz CT molecular complexity index is 903. The number of aromatic nitrogens is 1. The molecule has 0 saturated carbocycles. The highest BCUT2D eigenvalue weighted by Gasteiger charge is 2.11. The van der Waals surface area contributed by atoms with E-state index in [9.17, 15) is 9.59 Å². The number of carbonyl (C=O) groups is 2. The first-order chi connectivity index (χ1) is 11.6. The number of fused-ring (bicyclic) bond motifs is 1. The van der Waals surface area contributed by atoms with E-state index in [2.05, 4.69) is 10.3 Å². The van der Waals surface area contributed by atoms with Gasteiger partial charge in [0.2, 0.25) is 0 Å². The quantitative estimate of drug-likeness (QED) is 0.754. The number of rotatable bonds is 5. The predicted molar refractivity (Wildman–Crippen MR) is 89.3 cm³/mol. The highest BCUT2D eigenvalue weighted by molar-refractivity contribution is 6.11. The minimum atomic E-state index is -1.06. The van der Waals surface area contributed by atoms with Gasteiger partial charge in [-0.2, -0.15) is 0 Å². The number of aliphatic carboxylic acids is 1. The van der Waals surface area contributed by atoms with Crippen LogP contribution < -0.4 is 10.1 Å². The fourth-order valence-electron chi connectivity index (χ4n) is 2.29. The van der Waals surface area contributed by atoms with Crippen molar-refractivity contribution in [2.45, 2.75) is 0 Å². The molecule has 1 aromatic heterocycles. The molecule has 3 aromatic rings. The molecule has 0 aliphatic rings. The molecule has 2 aromatic carbocycles. The molecule has 0 unspecified atom stereocenters. The number of carbonyl (C=O) groups excluding carboxylic acids is 1. The molecule has 1 amide bonds. The molecular weight excluding hydrogens is 308 g/mol. The van der Waals surface area contributed by atoms with E-state index in [4.69, 9.17) is 9.84 Å². The summed E-state index contributed by atoms with van der Waals surface area (Å²) in [6, 6.07) is 15.7. The summed E-state index contributed by atoms with van der Waals surface area (Å²) in [5, 5.41) is 12.3. The zero-order valence-corrected chi connectivity index (χ0v) is 12.6. The van der Waals surface area contributed by atoms with Gasteiger partial charge < -0.3 is 15.2 Å². The summed E-state index contributed by atoms with van der Waals surface area (Å²) in [7, 11) is 0. The van der Waals surface area contributed by atoms with E-state index >= 15 is 0 Å². The van der Waals surface area contributed by atoms with Gasteiger partial charge in [-0.3, -0.25) is 9.78 Å². The number of anilines is 1. The number of nitrogens with one attached hydrogen (secondary N) is 1. The van der Waals surface area contributed by atoms with Crippen molar-refractivity contribution in [3.8, 4) is 5.75 Å². The molecule has 6 nitrogen and oxygen atoms in total. The van der Waals surface area contributed by atoms with Crippen molar-refractivity contribution < 1.29 is 19.4 Å². The second-order valence-electron chi connectivity index (χ2n) is 5.05. The Morgan fingerprint density at radius 1 is 1.08 bits per heavy atom. The molecule has 1 heterocycles. The first-order valence-corrected chi connectivity index (χ1v) is 7.23. The maximum atomic E-state index is 12.5. The van der Waals surface area contributed by atoms with E-state index in [1.165, 1.54) is 0 Å². The van der Waals surface area contributed by atoms with Crippen LogP contribution in [-0.4, -0.2) is 28.6 Å². The smallest absolute Gasteiger partial charge is 0.341 e. The van der Waals surface area contributed by atoms with Gasteiger partial charge in [0.25, 0.3) is 5.91 Å². The third-order valence-corrected chi connectivity index (χ3v) is 3.33. The van der Waals surface area contributed by atoms with Gasteiger partial charge in [0.05, 0.1) is 11.1 Å². The van der Waals surface area contributed by atoms with Gasteiger partial charge in [-0.15, -0.1) is 0 Å². The van der Waals surface area contributed by atoms with Crippen molar-refractivity contribution in [3.63, 3.8) is 0 Å². The number of hydrogen-bond donors (Lipinski definition) is 2. The number of benzene rings is 2. The standard InChI is InChI=1S/C18H14N2O4/c21-16(22)11-24-14-7-2-6-13(10-14)20-18(23)15-8-1-4-12-5-3-9-19-17(12)15/h1-10H,11H2,(H,20,23)(H,21,22). The number of amides is 1. The zero-order valence-electron chi connectivity index (χ0n) is 12.6. The summed E-state index contributed by atoms with van der Waals surface area (Å²) >= 11 is 0. The summed E-state index contributed by atoms with van der Waals surface area (Å²) in [6.07, 6.45) is 1.64. The molecule has 0 aliphatic heterocycles. The molecule has 0 bridgehead atoms. The van der Waals surface area contributed by atoms with Crippen molar-refractivity contribution in [1.82, 2.24) is 4.98 Å². The molecule has 0 aliphatic carbocycles. The minimum Gasteiger partial charge on any atom is -0.482 e. The third-order valence-electron chi connectivity index (χ3n) is 3.33. The lowest BCUT2D eigenvalue weighted by molar-refractivity contribution is -0.139. The van der Waals surface area contributed by atoms with Crippen LogP contribution in [0, 0.1) is 0 Å². The highest BCUT2D eigenvalue weighted by Crippen LogP contribution is 2.20. The van der Waals surface area contributed by atoms with Crippen molar-refractivity contribution in [1.29, 1.82) is 0 Å². The molecular formula is C18H14N2O4. The van der Waals surface area contributed by atoms with Crippen LogP contribution in [0.5, 0.6) is 5.75 Å². The first-order valence-electron chi connectivity index (χ1n) is 7.23. The lowest BCUT2D eigenvalue weighted by Crippen LogP contribution is -2.13. The second-order valence-corrected chi connectivity index (χ2v) is 5.05. The SMILES string of the molecule is O=C(O)COc1cccc(NC(=O)c2cccc3cccnc23)c1. The largest absolute Gasteiger partial charge is 0.482 e. The van der Waals surface area contributed by atoms with Crippen LogP contribution in [0.2, 0.25) is 0 Å². The normalized spacial score (nSPS) is 10.3. The van der Waals surface area contributed by atoms with Crippen LogP contribution in [0.15, 0.2) is 60.8 Å². The molecule has 0 fully saturated rings. The monoisotopic (exact) mass is 322 g/mol. The molecule has 0 radical (unpaired) electrons. The number of ether oxygens (including phenoxy) is 1. The van der Waals surface area contributed by atoms with Crippen molar-refractivity contribution >= 4 is 28.5 Å². The average Bonchev–Trinajstić information content (AvgIpc) is 2.60. The average molecular weight is 322 g/mol. The Labute approximate surface area is 137 Å². The van der Waals surface area contributed by atoms with E-state index in [1.807, 2.05) is 18.2 Å². The van der Waals surface area contributed by atoms with Crippen LogP contribution in [0.1, 0.15) is 10.4 Å². The van der Waals surface area contributed by atoms with E-state index in [0.717, 1.165) is 5.39 Å². The summed E-state index contributed by atoms with van der Waals surface area (Å²) in [5.74, 6) is -0.993. The lowest BCUT2D eigenvalue weighted by atomic mass is 10.1. The maximum absolute atomic E-state index is 12.5. The molecule has 2 N–H and O–H groups in total. The molecule has 0 spiro atoms. The van der Waals surface area contributed by atoms with Gasteiger partial charge in [-0.05, 0) is 24.3 Å². The summed E-state index contributed by atoms with van der Waals surface area (Å²) in [4.78, 5) is 27.3. The van der Waals surface area contributed by atoms with Crippen LogP contribution >= 0.6 is 0 Å². The van der Waals surface area contributed by atoms with Crippen molar-refractivity contribution in [2.75, 3.05) is 11.9 Å². The molecule has 3 rings (SSSR count). The van der Waals surface area contributed by atoms with Gasteiger partial charge in [0.1, 0.15) is 5.75 Å². The fourth-order valence-corrected chi connectivity index (χ4v) is 2.29. The Morgan fingerprint density at radius 3 is 2.71 bits per heavy atom. The summed E-state index contributed by atoms with van der Waals surface area (Å²) < 4.78 is 5.10. The molecule has 0 atom stereocenters. The number of nitrogens with zero attached hydrogens (tertiary/aromatic N) is 1. The van der Waals surface area contributed by atoms with E-state index in [1.54, 1.807) is 42.6 Å². The highest BCUT2D eigenvalue weighted by atomic mass is 16.5. The third kappa shape index (κ3) is 3.49. The van der Waals surface area contributed by atoms with Gasteiger partial charge in [0, 0.05) is 23.3 Å². The number of pyridine rings is 1. The fraction of sp³-hybridized carbons (Fsp3) is 0.0556. The van der Waals surface area contributed by atoms with Crippen LogP contribution in [0.4, 0.5) is 5.69 Å². The predicted octanol–water partition coefficient (Wildman–Crippen LogP) is 2.95. The van der Waals surface area contributed by atoms with Crippen LogP contribution in [-0.2, 0) is 4.79 Å². The Morgan fingerprint density at radius 2 is 1.88 bits per heavy atom. The minimum absolute atomic E-state index is 0.297. The summed E-state index contributed by atoms with van der Waals surface area (Å²) in [5.41, 5.74) is 1.59. The first kappa shape index (κ1) is 15.5. The number of para-hydroxylation sites is 1. The van der Waals surface area contributed by atoms with Crippen molar-refractivity contribution in [2.24, 2.45) is 0 Å². The molecule has 120 valence electrons. The van der Waals surface area contributed by atoms with Gasteiger partial charge in [0.15, 0.2) is 6.61 Å².